The summed E-state index contributed by atoms with van der Waals surface area (Å²) in [6.45, 7) is 5.58. The van der Waals surface area contributed by atoms with Crippen LogP contribution in [0.1, 0.15) is 37.9 Å². The lowest BCUT2D eigenvalue weighted by Crippen LogP contribution is -2.47. The molecule has 2 aromatic carbocycles. The fourth-order valence-electron chi connectivity index (χ4n) is 2.61. The van der Waals surface area contributed by atoms with Crippen LogP contribution in [0.4, 0.5) is 4.79 Å². The number of phenolic OH excluding ortho intramolecular Hbond substituents is 1. The molecular formula is C18H21NO3. The van der Waals surface area contributed by atoms with E-state index in [0.29, 0.717) is 0 Å². The zero-order chi connectivity index (χ0) is 16.3. The topological polar surface area (TPSA) is 60.8 Å². The highest BCUT2D eigenvalue weighted by Gasteiger charge is 2.35. The Hall–Kier alpha value is -2.49. The standard InChI is InChI=1S/C18H21NO3/c1-18(2,3)19(17(21)22)16(13-8-5-4-6-9-13)14-10-7-11-15(20)12-14/h4-12,16,20H,1-3H3,(H,21,22)/t16-/m0/s1. The van der Waals surface area contributed by atoms with Gasteiger partial charge in [0.15, 0.2) is 0 Å². The van der Waals surface area contributed by atoms with Crippen LogP contribution in [0.25, 0.3) is 0 Å². The van der Waals surface area contributed by atoms with Gasteiger partial charge in [-0.05, 0) is 44.0 Å². The van der Waals surface area contributed by atoms with Crippen LogP contribution in [-0.2, 0) is 0 Å². The average Bonchev–Trinajstić information content (AvgIpc) is 2.43. The molecule has 1 amide bonds. The molecule has 116 valence electrons. The monoisotopic (exact) mass is 299 g/mol. The van der Waals surface area contributed by atoms with Crippen molar-refractivity contribution in [1.82, 2.24) is 4.90 Å². The molecule has 1 atom stereocenters. The summed E-state index contributed by atoms with van der Waals surface area (Å²) < 4.78 is 0. The van der Waals surface area contributed by atoms with Gasteiger partial charge in [-0.2, -0.15) is 0 Å². The quantitative estimate of drug-likeness (QED) is 0.890. The fraction of sp³-hybridized carbons (Fsp3) is 0.278. The molecule has 0 aromatic heterocycles. The van der Waals surface area contributed by atoms with Crippen molar-refractivity contribution in [1.29, 1.82) is 0 Å². The highest BCUT2D eigenvalue weighted by molar-refractivity contribution is 5.68. The largest absolute Gasteiger partial charge is 0.508 e. The molecule has 0 saturated heterocycles. The summed E-state index contributed by atoms with van der Waals surface area (Å²) in [6.07, 6.45) is -0.996. The van der Waals surface area contributed by atoms with Crippen molar-refractivity contribution in [2.45, 2.75) is 32.4 Å². The van der Waals surface area contributed by atoms with E-state index in [-0.39, 0.29) is 5.75 Å². The van der Waals surface area contributed by atoms with E-state index in [0.717, 1.165) is 11.1 Å². The Morgan fingerprint density at radius 1 is 1.00 bits per heavy atom. The minimum absolute atomic E-state index is 0.123. The molecule has 0 aliphatic carbocycles. The van der Waals surface area contributed by atoms with Gasteiger partial charge in [-0.25, -0.2) is 4.79 Å². The van der Waals surface area contributed by atoms with E-state index in [2.05, 4.69) is 0 Å². The molecular weight excluding hydrogens is 278 g/mol. The maximum Gasteiger partial charge on any atom is 0.408 e. The second-order valence-electron chi connectivity index (χ2n) is 6.23. The number of nitrogens with zero attached hydrogens (tertiary/aromatic N) is 1. The highest BCUT2D eigenvalue weighted by Crippen LogP contribution is 2.35. The van der Waals surface area contributed by atoms with E-state index in [1.54, 1.807) is 18.2 Å². The summed E-state index contributed by atoms with van der Waals surface area (Å²) in [5.74, 6) is 0.123. The van der Waals surface area contributed by atoms with Crippen LogP contribution in [0.5, 0.6) is 5.75 Å². The lowest BCUT2D eigenvalue weighted by molar-refractivity contribution is 0.0809. The van der Waals surface area contributed by atoms with Crippen LogP contribution in [0, 0.1) is 0 Å². The molecule has 22 heavy (non-hydrogen) atoms. The second-order valence-corrected chi connectivity index (χ2v) is 6.23. The molecule has 2 rings (SSSR count). The number of phenols is 1. The van der Waals surface area contributed by atoms with Crippen molar-refractivity contribution in [3.05, 3.63) is 65.7 Å². The normalized spacial score (nSPS) is 12.7. The number of hydrogen-bond donors (Lipinski definition) is 2. The van der Waals surface area contributed by atoms with E-state index >= 15 is 0 Å². The molecule has 4 nitrogen and oxygen atoms in total. The van der Waals surface area contributed by atoms with Gasteiger partial charge in [0.2, 0.25) is 0 Å². The van der Waals surface area contributed by atoms with Gasteiger partial charge in [0.1, 0.15) is 5.75 Å². The zero-order valence-corrected chi connectivity index (χ0v) is 13.0. The van der Waals surface area contributed by atoms with Crippen LogP contribution >= 0.6 is 0 Å². The molecule has 0 fully saturated rings. The molecule has 0 spiro atoms. The number of rotatable bonds is 3. The van der Waals surface area contributed by atoms with Gasteiger partial charge >= 0.3 is 6.09 Å². The van der Waals surface area contributed by atoms with Crippen molar-refractivity contribution in [3.8, 4) is 5.75 Å². The molecule has 0 aliphatic heterocycles. The summed E-state index contributed by atoms with van der Waals surface area (Å²) in [7, 11) is 0. The first-order valence-electron chi connectivity index (χ1n) is 7.17. The van der Waals surface area contributed by atoms with Crippen molar-refractivity contribution < 1.29 is 15.0 Å². The number of benzene rings is 2. The van der Waals surface area contributed by atoms with Gasteiger partial charge in [0, 0.05) is 5.54 Å². The smallest absolute Gasteiger partial charge is 0.408 e. The Bertz CT molecular complexity index is 647. The summed E-state index contributed by atoms with van der Waals surface area (Å²) in [5, 5.41) is 19.5. The highest BCUT2D eigenvalue weighted by atomic mass is 16.4. The summed E-state index contributed by atoms with van der Waals surface area (Å²) in [6, 6.07) is 15.7. The summed E-state index contributed by atoms with van der Waals surface area (Å²) in [4.78, 5) is 13.3. The average molecular weight is 299 g/mol. The van der Waals surface area contributed by atoms with Gasteiger partial charge < -0.3 is 10.2 Å². The molecule has 0 heterocycles. The molecule has 0 bridgehead atoms. The number of carbonyl (C=O) groups is 1. The van der Waals surface area contributed by atoms with E-state index in [4.69, 9.17) is 0 Å². The molecule has 0 saturated carbocycles. The van der Waals surface area contributed by atoms with E-state index in [9.17, 15) is 15.0 Å². The first-order valence-corrected chi connectivity index (χ1v) is 7.17. The maximum absolute atomic E-state index is 11.9. The number of amides is 1. The van der Waals surface area contributed by atoms with Gasteiger partial charge in [0.25, 0.3) is 0 Å². The Morgan fingerprint density at radius 2 is 1.59 bits per heavy atom. The van der Waals surface area contributed by atoms with E-state index in [1.165, 1.54) is 4.90 Å². The molecule has 4 heteroatoms. The molecule has 0 aliphatic rings. The third-order valence-corrected chi connectivity index (χ3v) is 3.49. The first kappa shape index (κ1) is 15.9. The van der Waals surface area contributed by atoms with Crippen LogP contribution < -0.4 is 0 Å². The Morgan fingerprint density at radius 3 is 2.09 bits per heavy atom. The van der Waals surface area contributed by atoms with Crippen molar-refractivity contribution in [3.63, 3.8) is 0 Å². The molecule has 2 N–H and O–H groups in total. The predicted molar refractivity (Wildman–Crippen MR) is 86.0 cm³/mol. The van der Waals surface area contributed by atoms with E-state index in [1.807, 2.05) is 57.2 Å². The second kappa shape index (κ2) is 6.10. The lowest BCUT2D eigenvalue weighted by Gasteiger charge is -2.40. The van der Waals surface area contributed by atoms with Crippen LogP contribution in [0.3, 0.4) is 0 Å². The zero-order valence-electron chi connectivity index (χ0n) is 13.0. The molecule has 0 unspecified atom stereocenters. The Labute approximate surface area is 130 Å². The molecule has 2 aromatic rings. The lowest BCUT2D eigenvalue weighted by atomic mass is 9.93. The minimum Gasteiger partial charge on any atom is -0.508 e. The van der Waals surface area contributed by atoms with Crippen LogP contribution in [0.15, 0.2) is 54.6 Å². The van der Waals surface area contributed by atoms with Gasteiger partial charge in [-0.3, -0.25) is 4.90 Å². The summed E-state index contributed by atoms with van der Waals surface area (Å²) in [5.41, 5.74) is 1.02. The number of hydrogen-bond acceptors (Lipinski definition) is 2. The number of aromatic hydroxyl groups is 1. The van der Waals surface area contributed by atoms with E-state index < -0.39 is 17.7 Å². The SMILES string of the molecule is CC(C)(C)N(C(=O)O)[C@@H](c1ccccc1)c1cccc(O)c1. The maximum atomic E-state index is 11.9. The number of carboxylic acid groups (broad SMARTS) is 1. The van der Waals surface area contributed by atoms with Crippen LogP contribution in [-0.4, -0.2) is 26.7 Å². The van der Waals surface area contributed by atoms with Crippen molar-refractivity contribution in [2.24, 2.45) is 0 Å². The van der Waals surface area contributed by atoms with Crippen molar-refractivity contribution >= 4 is 6.09 Å². The van der Waals surface area contributed by atoms with Gasteiger partial charge in [-0.1, -0.05) is 42.5 Å². The molecule has 0 radical (unpaired) electrons. The minimum atomic E-state index is -0.996. The third kappa shape index (κ3) is 3.39. The van der Waals surface area contributed by atoms with Crippen molar-refractivity contribution in [2.75, 3.05) is 0 Å². The fourth-order valence-corrected chi connectivity index (χ4v) is 2.61. The Balaban J connectivity index is 2.62. The summed E-state index contributed by atoms with van der Waals surface area (Å²) >= 11 is 0. The third-order valence-electron chi connectivity index (χ3n) is 3.49. The first-order chi connectivity index (χ1) is 10.3. The van der Waals surface area contributed by atoms with Crippen LogP contribution in [0.2, 0.25) is 0 Å². The van der Waals surface area contributed by atoms with Gasteiger partial charge in [0.05, 0.1) is 6.04 Å². The predicted octanol–water partition coefficient (Wildman–Crippen LogP) is 4.26. The Kier molecular flexibility index (Phi) is 4.40. The van der Waals surface area contributed by atoms with Gasteiger partial charge in [-0.15, -0.1) is 0 Å².